The highest BCUT2D eigenvalue weighted by Gasteiger charge is 2.31. The van der Waals surface area contributed by atoms with Crippen molar-refractivity contribution in [3.8, 4) is 0 Å². The van der Waals surface area contributed by atoms with Gasteiger partial charge in [0.05, 0.1) is 23.6 Å². The minimum Gasteiger partial charge on any atom is -0.460 e. The molecular weight excluding hydrogens is 402 g/mol. The summed E-state index contributed by atoms with van der Waals surface area (Å²) in [5, 5.41) is 11.8. The molecule has 0 aliphatic carbocycles. The normalized spacial score (nSPS) is 20.2. The second kappa shape index (κ2) is 8.45. The number of nitrogens with one attached hydrogen (secondary N) is 3. The average molecular weight is 428 g/mol. The van der Waals surface area contributed by atoms with Gasteiger partial charge in [0.1, 0.15) is 17.5 Å². The van der Waals surface area contributed by atoms with Crippen LogP contribution in [0.1, 0.15) is 39.8 Å². The number of carbonyl (C=O) groups excluding carboxylic acids is 1. The Morgan fingerprint density at radius 1 is 1.22 bits per heavy atom. The van der Waals surface area contributed by atoms with Crippen LogP contribution in [0, 0.1) is 6.92 Å². The lowest BCUT2D eigenvalue weighted by molar-refractivity contribution is 0.100. The minimum atomic E-state index is -0.505. The van der Waals surface area contributed by atoms with Gasteiger partial charge in [0, 0.05) is 23.7 Å². The molecule has 0 saturated heterocycles. The predicted molar refractivity (Wildman–Crippen MR) is 125 cm³/mol. The van der Waals surface area contributed by atoms with Gasteiger partial charge < -0.3 is 15.5 Å². The number of allylic oxidation sites excluding steroid dienone is 2. The summed E-state index contributed by atoms with van der Waals surface area (Å²) in [5.41, 5.74) is 10.8. The molecule has 162 valence electrons. The summed E-state index contributed by atoms with van der Waals surface area (Å²) in [6.45, 7) is 2.63. The smallest absolute Gasteiger partial charge is 0.252 e. The third kappa shape index (κ3) is 3.72. The lowest BCUT2D eigenvalue weighted by Gasteiger charge is -2.36. The first-order chi connectivity index (χ1) is 15.6. The molecule has 2 aliphatic rings. The Hall–Kier alpha value is -3.68. The average Bonchev–Trinajstić information content (AvgIpc) is 2.96. The van der Waals surface area contributed by atoms with Crippen LogP contribution in [0.15, 0.2) is 81.5 Å². The van der Waals surface area contributed by atoms with Gasteiger partial charge in [-0.15, -0.1) is 0 Å². The summed E-state index contributed by atoms with van der Waals surface area (Å²) in [6, 6.07) is 15.8. The number of nitrogens with two attached hydrogens (primary N) is 1. The largest absolute Gasteiger partial charge is 0.460 e. The SMILES string of the molecule is Cc1oc2c(C(N)=O)cccc2c1C1NC2=C(CC=CN=C2)C(NCc2ccccc2)N1. The van der Waals surface area contributed by atoms with Crippen molar-refractivity contribution >= 4 is 23.1 Å². The summed E-state index contributed by atoms with van der Waals surface area (Å²) in [7, 11) is 0. The third-order valence-electron chi connectivity index (χ3n) is 5.91. The molecule has 2 atom stereocenters. The van der Waals surface area contributed by atoms with Crippen LogP contribution in [0.2, 0.25) is 0 Å². The number of primary amides is 1. The quantitative estimate of drug-likeness (QED) is 0.500. The van der Waals surface area contributed by atoms with E-state index in [4.69, 9.17) is 10.2 Å². The van der Waals surface area contributed by atoms with Gasteiger partial charge in [-0.1, -0.05) is 48.5 Å². The highest BCUT2D eigenvalue weighted by atomic mass is 16.3. The van der Waals surface area contributed by atoms with Crippen molar-refractivity contribution < 1.29 is 9.21 Å². The maximum Gasteiger partial charge on any atom is 0.252 e. The van der Waals surface area contributed by atoms with Crippen LogP contribution >= 0.6 is 0 Å². The van der Waals surface area contributed by atoms with E-state index in [9.17, 15) is 4.79 Å². The lowest BCUT2D eigenvalue weighted by atomic mass is 9.99. The van der Waals surface area contributed by atoms with Crippen molar-refractivity contribution in [1.82, 2.24) is 16.0 Å². The molecule has 2 aromatic carbocycles. The van der Waals surface area contributed by atoms with Crippen molar-refractivity contribution in [2.75, 3.05) is 0 Å². The minimum absolute atomic E-state index is 0.0747. The number of rotatable bonds is 5. The molecule has 0 spiro atoms. The van der Waals surface area contributed by atoms with Crippen LogP contribution < -0.4 is 21.7 Å². The molecule has 7 heteroatoms. The summed E-state index contributed by atoms with van der Waals surface area (Å²) in [6.07, 6.45) is 6.20. The number of aryl methyl sites for hydroxylation is 1. The molecule has 2 unspecified atom stereocenters. The van der Waals surface area contributed by atoms with E-state index in [1.807, 2.05) is 49.7 Å². The highest BCUT2D eigenvalue weighted by molar-refractivity contribution is 6.05. The zero-order chi connectivity index (χ0) is 22.1. The second-order valence-corrected chi connectivity index (χ2v) is 7.97. The molecule has 1 aromatic heterocycles. The molecule has 3 heterocycles. The Balaban J connectivity index is 1.52. The number of benzene rings is 2. The third-order valence-corrected chi connectivity index (χ3v) is 5.91. The molecule has 2 aliphatic heterocycles. The Kier molecular flexibility index (Phi) is 5.34. The zero-order valence-corrected chi connectivity index (χ0v) is 17.8. The molecule has 3 aromatic rings. The predicted octanol–water partition coefficient (Wildman–Crippen LogP) is 3.39. The van der Waals surface area contributed by atoms with E-state index >= 15 is 0 Å². The van der Waals surface area contributed by atoms with Gasteiger partial charge in [-0.2, -0.15) is 0 Å². The van der Waals surface area contributed by atoms with E-state index < -0.39 is 5.91 Å². The van der Waals surface area contributed by atoms with E-state index in [2.05, 4.69) is 39.2 Å². The number of nitrogens with zero attached hydrogens (tertiary/aromatic N) is 1. The van der Waals surface area contributed by atoms with Crippen LogP contribution in [0.4, 0.5) is 0 Å². The van der Waals surface area contributed by atoms with Gasteiger partial charge in [0.25, 0.3) is 5.91 Å². The Labute approximate surface area is 186 Å². The molecule has 0 radical (unpaired) electrons. The maximum absolute atomic E-state index is 11.9. The lowest BCUT2D eigenvalue weighted by Crippen LogP contribution is -2.53. The summed E-state index contributed by atoms with van der Waals surface area (Å²) < 4.78 is 6.01. The van der Waals surface area contributed by atoms with E-state index in [1.54, 1.807) is 6.07 Å². The fraction of sp³-hybridized carbons (Fsp3) is 0.200. The first-order valence-electron chi connectivity index (χ1n) is 10.6. The van der Waals surface area contributed by atoms with Gasteiger partial charge in [-0.05, 0) is 30.5 Å². The van der Waals surface area contributed by atoms with Crippen molar-refractivity contribution in [3.63, 3.8) is 0 Å². The van der Waals surface area contributed by atoms with Gasteiger partial charge in [-0.25, -0.2) is 0 Å². The zero-order valence-electron chi connectivity index (χ0n) is 17.8. The molecule has 0 bridgehead atoms. The standard InChI is InChI=1S/C25H25N5O2/c1-15-21(18-9-5-10-19(23(26)31)22(18)32-15)25-29-20-14-27-12-6-11-17(20)24(30-25)28-13-16-7-3-2-4-8-16/h2-10,12,14,24-25,28-30H,11,13H2,1H3,(H2,26,31). The Bertz CT molecular complexity index is 1260. The molecule has 5 N–H and O–H groups in total. The molecule has 5 rings (SSSR count). The highest BCUT2D eigenvalue weighted by Crippen LogP contribution is 2.34. The number of aliphatic imine (C=N–C) groups is 1. The summed E-state index contributed by atoms with van der Waals surface area (Å²) in [4.78, 5) is 16.3. The van der Waals surface area contributed by atoms with E-state index in [1.165, 1.54) is 11.1 Å². The van der Waals surface area contributed by atoms with Crippen LogP contribution in [-0.2, 0) is 6.54 Å². The molecular formula is C25H25N5O2. The first kappa shape index (κ1) is 20.2. The van der Waals surface area contributed by atoms with Crippen molar-refractivity contribution in [1.29, 1.82) is 0 Å². The van der Waals surface area contributed by atoms with Gasteiger partial charge >= 0.3 is 0 Å². The first-order valence-corrected chi connectivity index (χ1v) is 10.6. The number of furan rings is 1. The Morgan fingerprint density at radius 3 is 2.88 bits per heavy atom. The molecule has 1 amide bonds. The van der Waals surface area contributed by atoms with Gasteiger partial charge in [0.2, 0.25) is 0 Å². The Morgan fingerprint density at radius 2 is 2.06 bits per heavy atom. The molecule has 0 saturated carbocycles. The number of hydrogen-bond acceptors (Lipinski definition) is 6. The van der Waals surface area contributed by atoms with Gasteiger partial charge in [-0.3, -0.25) is 20.4 Å². The fourth-order valence-electron chi connectivity index (χ4n) is 4.38. The van der Waals surface area contributed by atoms with Crippen molar-refractivity contribution in [2.45, 2.75) is 32.2 Å². The number of fused-ring (bicyclic) bond motifs is 1. The van der Waals surface area contributed by atoms with Crippen LogP contribution in [0.3, 0.4) is 0 Å². The van der Waals surface area contributed by atoms with E-state index in [0.29, 0.717) is 11.1 Å². The maximum atomic E-state index is 11.9. The van der Waals surface area contributed by atoms with E-state index in [-0.39, 0.29) is 12.3 Å². The summed E-state index contributed by atoms with van der Waals surface area (Å²) in [5.74, 6) is 0.225. The summed E-state index contributed by atoms with van der Waals surface area (Å²) >= 11 is 0. The number of hydrogen-bond donors (Lipinski definition) is 4. The number of amides is 1. The number of para-hydroxylation sites is 1. The fourth-order valence-corrected chi connectivity index (χ4v) is 4.38. The second-order valence-electron chi connectivity index (χ2n) is 7.97. The molecule has 32 heavy (non-hydrogen) atoms. The van der Waals surface area contributed by atoms with E-state index in [0.717, 1.165) is 35.4 Å². The van der Waals surface area contributed by atoms with Crippen molar-refractivity contribution in [3.05, 3.63) is 94.5 Å². The van der Waals surface area contributed by atoms with Crippen LogP contribution in [0.25, 0.3) is 11.0 Å². The van der Waals surface area contributed by atoms with Crippen LogP contribution in [-0.4, -0.2) is 18.3 Å². The molecule has 0 fully saturated rings. The topological polar surface area (TPSA) is 105 Å². The van der Waals surface area contributed by atoms with Gasteiger partial charge in [0.15, 0.2) is 0 Å². The monoisotopic (exact) mass is 427 g/mol. The molecule has 7 nitrogen and oxygen atoms in total. The van der Waals surface area contributed by atoms with Crippen molar-refractivity contribution in [2.24, 2.45) is 10.7 Å². The number of carbonyl (C=O) groups is 1. The van der Waals surface area contributed by atoms with Crippen LogP contribution in [0.5, 0.6) is 0 Å².